The first-order valence-electron chi connectivity index (χ1n) is 6.93. The van der Waals surface area contributed by atoms with E-state index in [-0.39, 0.29) is 22.3 Å². The van der Waals surface area contributed by atoms with Crippen molar-refractivity contribution < 1.29 is 31.1 Å². The topological polar surface area (TPSA) is 81.2 Å². The number of halogens is 7. The highest BCUT2D eigenvalue weighted by Gasteiger charge is 2.33. The van der Waals surface area contributed by atoms with E-state index in [4.69, 9.17) is 15.3 Å². The van der Waals surface area contributed by atoms with Gasteiger partial charge in [-0.3, -0.25) is 5.43 Å². The van der Waals surface area contributed by atoms with Crippen LogP contribution in [0.2, 0.25) is 0 Å². The van der Waals surface area contributed by atoms with Gasteiger partial charge < -0.3 is 4.74 Å². The van der Waals surface area contributed by atoms with Gasteiger partial charge in [0.1, 0.15) is 23.6 Å². The standard InChI is InChI=1S/C16H5BrF6N4O/c17-9-3-13(27-26-8(5-24)6-25)14(4-10(9)18)28-15-11(19)1-7(2-12(15)20)16(21,22)23/h1-4,27H. The number of rotatable bonds is 4. The molecular weight excluding hydrogens is 458 g/mol. The summed E-state index contributed by atoms with van der Waals surface area (Å²) in [6.07, 6.45) is -4.99. The molecule has 0 spiro atoms. The van der Waals surface area contributed by atoms with Gasteiger partial charge >= 0.3 is 6.18 Å². The minimum atomic E-state index is -4.99. The Kier molecular flexibility index (Phi) is 6.16. The quantitative estimate of drug-likeness (QED) is 0.370. The van der Waals surface area contributed by atoms with Crippen LogP contribution in [-0.4, -0.2) is 5.71 Å². The lowest BCUT2D eigenvalue weighted by atomic mass is 10.2. The maximum Gasteiger partial charge on any atom is 0.416 e. The molecule has 0 aromatic heterocycles. The summed E-state index contributed by atoms with van der Waals surface area (Å²) in [6.45, 7) is 0. The van der Waals surface area contributed by atoms with Gasteiger partial charge in [0, 0.05) is 6.07 Å². The Morgan fingerprint density at radius 3 is 2.07 bits per heavy atom. The highest BCUT2D eigenvalue weighted by Crippen LogP contribution is 2.38. The summed E-state index contributed by atoms with van der Waals surface area (Å²) in [7, 11) is 0. The van der Waals surface area contributed by atoms with Crippen LogP contribution >= 0.6 is 15.9 Å². The third kappa shape index (κ3) is 4.72. The summed E-state index contributed by atoms with van der Waals surface area (Å²) < 4.78 is 84.3. The van der Waals surface area contributed by atoms with Gasteiger partial charge in [-0.2, -0.15) is 28.8 Å². The van der Waals surface area contributed by atoms with Crippen molar-refractivity contribution in [1.82, 2.24) is 0 Å². The molecule has 5 nitrogen and oxygen atoms in total. The number of nitrogens with zero attached hydrogens (tertiary/aromatic N) is 3. The molecule has 0 aliphatic rings. The van der Waals surface area contributed by atoms with Crippen LogP contribution in [0.5, 0.6) is 11.5 Å². The molecule has 28 heavy (non-hydrogen) atoms. The first kappa shape index (κ1) is 21.1. The molecule has 144 valence electrons. The molecule has 0 aliphatic heterocycles. The number of hydrazone groups is 1. The number of nitriles is 2. The number of hydrogen-bond donors (Lipinski definition) is 1. The van der Waals surface area contributed by atoms with E-state index in [1.807, 2.05) is 0 Å². The Morgan fingerprint density at radius 1 is 1.00 bits per heavy atom. The molecule has 0 saturated carbocycles. The van der Waals surface area contributed by atoms with E-state index in [0.29, 0.717) is 6.07 Å². The first-order chi connectivity index (χ1) is 13.1. The first-order valence-corrected chi connectivity index (χ1v) is 7.73. The summed E-state index contributed by atoms with van der Waals surface area (Å²) in [6, 6.07) is 4.57. The zero-order valence-electron chi connectivity index (χ0n) is 13.2. The van der Waals surface area contributed by atoms with Crippen molar-refractivity contribution in [2.24, 2.45) is 5.10 Å². The maximum absolute atomic E-state index is 14.0. The van der Waals surface area contributed by atoms with E-state index in [1.54, 1.807) is 0 Å². The van der Waals surface area contributed by atoms with Crippen molar-refractivity contribution in [3.63, 3.8) is 0 Å². The predicted octanol–water partition coefficient (Wildman–Crippen LogP) is 5.49. The monoisotopic (exact) mass is 462 g/mol. The normalized spacial score (nSPS) is 10.6. The smallest absolute Gasteiger partial charge is 0.416 e. The van der Waals surface area contributed by atoms with Crippen LogP contribution in [0.25, 0.3) is 0 Å². The van der Waals surface area contributed by atoms with Gasteiger partial charge in [0.05, 0.1) is 10.0 Å². The van der Waals surface area contributed by atoms with E-state index in [2.05, 4.69) is 26.5 Å². The number of alkyl halides is 3. The van der Waals surface area contributed by atoms with E-state index < -0.39 is 46.4 Å². The van der Waals surface area contributed by atoms with Gasteiger partial charge in [-0.05, 0) is 34.1 Å². The molecule has 0 saturated heterocycles. The third-order valence-electron chi connectivity index (χ3n) is 3.06. The fourth-order valence-corrected chi connectivity index (χ4v) is 2.17. The molecule has 0 amide bonds. The third-order valence-corrected chi connectivity index (χ3v) is 3.67. The summed E-state index contributed by atoms with van der Waals surface area (Å²) >= 11 is 2.84. The van der Waals surface area contributed by atoms with Crippen molar-refractivity contribution in [3.8, 4) is 23.6 Å². The summed E-state index contributed by atoms with van der Waals surface area (Å²) in [5, 5.41) is 20.7. The number of ether oxygens (including phenoxy) is 1. The fourth-order valence-electron chi connectivity index (χ4n) is 1.82. The second-order valence-electron chi connectivity index (χ2n) is 4.93. The van der Waals surface area contributed by atoms with Crippen LogP contribution in [0, 0.1) is 40.1 Å². The molecule has 2 aromatic carbocycles. The zero-order chi connectivity index (χ0) is 21.1. The number of anilines is 1. The molecule has 0 aliphatic carbocycles. The van der Waals surface area contributed by atoms with Crippen LogP contribution in [0.4, 0.5) is 32.0 Å². The molecule has 0 unspecified atom stereocenters. The van der Waals surface area contributed by atoms with Crippen molar-refractivity contribution >= 4 is 27.3 Å². The van der Waals surface area contributed by atoms with Crippen molar-refractivity contribution in [2.45, 2.75) is 6.18 Å². The van der Waals surface area contributed by atoms with Crippen LogP contribution in [0.1, 0.15) is 5.56 Å². The second-order valence-corrected chi connectivity index (χ2v) is 5.78. The van der Waals surface area contributed by atoms with Gasteiger partial charge in [0.2, 0.25) is 5.71 Å². The molecule has 12 heteroatoms. The Morgan fingerprint density at radius 2 is 1.57 bits per heavy atom. The summed E-state index contributed by atoms with van der Waals surface area (Å²) in [5.41, 5.74) is -0.269. The average Bonchev–Trinajstić information content (AvgIpc) is 2.61. The largest absolute Gasteiger partial charge is 0.449 e. The van der Waals surface area contributed by atoms with Gasteiger partial charge in [-0.15, -0.1) is 0 Å². The lowest BCUT2D eigenvalue weighted by molar-refractivity contribution is -0.138. The van der Waals surface area contributed by atoms with Crippen LogP contribution in [-0.2, 0) is 6.18 Å². The Hall–Kier alpha value is -3.25. The van der Waals surface area contributed by atoms with Crippen LogP contribution in [0.15, 0.2) is 33.8 Å². The molecular formula is C16H5BrF6N4O. The minimum Gasteiger partial charge on any atom is -0.449 e. The Balaban J connectivity index is 2.49. The fraction of sp³-hybridized carbons (Fsp3) is 0.0625. The zero-order valence-corrected chi connectivity index (χ0v) is 14.8. The molecule has 0 atom stereocenters. The number of hydrogen-bond acceptors (Lipinski definition) is 5. The molecule has 0 radical (unpaired) electrons. The SMILES string of the molecule is N#CC(C#N)=NNc1cc(Br)c(F)cc1Oc1c(F)cc(C(F)(F)F)cc1F. The molecule has 0 fully saturated rings. The predicted molar refractivity (Wildman–Crippen MR) is 87.8 cm³/mol. The van der Waals surface area contributed by atoms with E-state index in [0.717, 1.165) is 6.07 Å². The second kappa shape index (κ2) is 8.19. The van der Waals surface area contributed by atoms with Crippen molar-refractivity contribution in [3.05, 3.63) is 51.8 Å². The highest BCUT2D eigenvalue weighted by atomic mass is 79.9. The lowest BCUT2D eigenvalue weighted by Gasteiger charge is -2.14. The summed E-state index contributed by atoms with van der Waals surface area (Å²) in [5.74, 6) is -6.09. The number of benzene rings is 2. The Labute approximate surface area is 161 Å². The molecule has 0 bridgehead atoms. The van der Waals surface area contributed by atoms with Crippen molar-refractivity contribution in [1.29, 1.82) is 10.5 Å². The van der Waals surface area contributed by atoms with Crippen LogP contribution in [0.3, 0.4) is 0 Å². The van der Waals surface area contributed by atoms with Crippen LogP contribution < -0.4 is 10.2 Å². The molecule has 2 aromatic rings. The molecule has 1 N–H and O–H groups in total. The van der Waals surface area contributed by atoms with E-state index in [9.17, 15) is 26.3 Å². The van der Waals surface area contributed by atoms with Gasteiger partial charge in [0.15, 0.2) is 23.1 Å². The van der Waals surface area contributed by atoms with E-state index >= 15 is 0 Å². The van der Waals surface area contributed by atoms with E-state index in [1.165, 1.54) is 12.1 Å². The van der Waals surface area contributed by atoms with Gasteiger partial charge in [-0.25, -0.2) is 13.2 Å². The van der Waals surface area contributed by atoms with Gasteiger partial charge in [0.25, 0.3) is 0 Å². The number of nitrogens with one attached hydrogen (secondary N) is 1. The maximum atomic E-state index is 14.0. The lowest BCUT2D eigenvalue weighted by Crippen LogP contribution is -2.07. The average molecular weight is 463 g/mol. The molecule has 2 rings (SSSR count). The minimum absolute atomic E-state index is 0.0162. The van der Waals surface area contributed by atoms with Crippen molar-refractivity contribution in [2.75, 3.05) is 5.43 Å². The van der Waals surface area contributed by atoms with Gasteiger partial charge in [-0.1, -0.05) is 0 Å². The highest BCUT2D eigenvalue weighted by molar-refractivity contribution is 9.10. The Bertz CT molecular complexity index is 1000. The molecule has 0 heterocycles. The summed E-state index contributed by atoms with van der Waals surface area (Å²) in [4.78, 5) is 0.